The SMILES string of the molecule is CCCCCCC[Si](O[Si](O[Si](c1ccccc1)(c1ccccc1)c1ccccc1)(c1ccccc1)c1ccccc1)(c1ccccc1)c1ccccc1. The standard InChI is InChI=1S/C49H50O2Si3/c1-2-3-4-5-27-42-52(43-28-13-6-14-29-43,44-30-15-7-16-31-44)50-54(48-38-23-11-24-39-48,49-40-25-12-26-41-49)51-53(45-32-17-8-18-33-45,46-34-19-9-20-35-46)47-36-21-10-22-37-47/h6-26,28-41H,2-5,27,42H2,1H3. The van der Waals surface area contributed by atoms with Crippen LogP contribution in [0.2, 0.25) is 6.04 Å². The average Bonchev–Trinajstić information content (AvgIpc) is 3.27. The Morgan fingerprint density at radius 2 is 0.611 bits per heavy atom. The Hall–Kier alpha value is -4.89. The van der Waals surface area contributed by atoms with Gasteiger partial charge in [-0.05, 0) is 42.4 Å². The minimum Gasteiger partial charge on any atom is -0.422 e. The molecule has 7 rings (SSSR count). The zero-order valence-corrected chi connectivity index (χ0v) is 34.3. The summed E-state index contributed by atoms with van der Waals surface area (Å²) in [4.78, 5) is 0. The summed E-state index contributed by atoms with van der Waals surface area (Å²) in [5.41, 5.74) is 0. The van der Waals surface area contributed by atoms with Crippen LogP contribution in [-0.4, -0.2) is 25.2 Å². The Kier molecular flexibility index (Phi) is 12.4. The van der Waals surface area contributed by atoms with Gasteiger partial charge in [0.25, 0.3) is 8.32 Å². The third-order valence-corrected chi connectivity index (χ3v) is 24.7. The maximum atomic E-state index is 8.59. The van der Waals surface area contributed by atoms with Gasteiger partial charge in [0.2, 0.25) is 8.32 Å². The molecule has 270 valence electrons. The average molecular weight is 755 g/mol. The van der Waals surface area contributed by atoms with Crippen molar-refractivity contribution >= 4 is 61.5 Å². The lowest BCUT2D eigenvalue weighted by molar-refractivity contribution is 0.422. The van der Waals surface area contributed by atoms with Crippen LogP contribution in [-0.2, 0) is 8.23 Å². The molecule has 0 amide bonds. The molecule has 0 bridgehead atoms. The molecule has 0 aliphatic carbocycles. The second-order valence-electron chi connectivity index (χ2n) is 14.1. The predicted molar refractivity (Wildman–Crippen MR) is 236 cm³/mol. The van der Waals surface area contributed by atoms with E-state index in [2.05, 4.69) is 219 Å². The highest BCUT2D eigenvalue weighted by molar-refractivity contribution is 7.15. The van der Waals surface area contributed by atoms with Gasteiger partial charge in [0, 0.05) is 0 Å². The molecule has 5 heteroatoms. The van der Waals surface area contributed by atoms with Gasteiger partial charge < -0.3 is 8.23 Å². The molecule has 0 saturated heterocycles. The maximum absolute atomic E-state index is 8.59. The number of unbranched alkanes of at least 4 members (excludes halogenated alkanes) is 4. The van der Waals surface area contributed by atoms with Gasteiger partial charge >= 0.3 is 8.56 Å². The molecule has 7 aromatic rings. The van der Waals surface area contributed by atoms with Crippen LogP contribution in [0, 0.1) is 0 Å². The van der Waals surface area contributed by atoms with Crippen LogP contribution in [0.15, 0.2) is 212 Å². The van der Waals surface area contributed by atoms with Crippen LogP contribution in [0.4, 0.5) is 0 Å². The van der Waals surface area contributed by atoms with Gasteiger partial charge in [-0.15, -0.1) is 0 Å². The molecule has 7 aromatic carbocycles. The molecule has 0 atom stereocenters. The third-order valence-electron chi connectivity index (χ3n) is 10.6. The van der Waals surface area contributed by atoms with Crippen LogP contribution in [0.25, 0.3) is 0 Å². The molecule has 0 radical (unpaired) electrons. The fourth-order valence-electron chi connectivity index (χ4n) is 7.91. The van der Waals surface area contributed by atoms with Gasteiger partial charge in [-0.25, -0.2) is 0 Å². The van der Waals surface area contributed by atoms with Crippen LogP contribution in [0.1, 0.15) is 39.0 Å². The molecule has 2 nitrogen and oxygen atoms in total. The van der Waals surface area contributed by atoms with Crippen LogP contribution in [0.3, 0.4) is 0 Å². The highest BCUT2D eigenvalue weighted by Gasteiger charge is 2.57. The van der Waals surface area contributed by atoms with Crippen molar-refractivity contribution in [3.63, 3.8) is 0 Å². The van der Waals surface area contributed by atoms with Crippen LogP contribution < -0.4 is 36.3 Å². The summed E-state index contributed by atoms with van der Waals surface area (Å²) < 4.78 is 17.2. The third kappa shape index (κ3) is 7.83. The molecular formula is C49H50O2Si3. The molecule has 0 unspecified atom stereocenters. The van der Waals surface area contributed by atoms with Crippen molar-refractivity contribution in [2.75, 3.05) is 0 Å². The lowest BCUT2D eigenvalue weighted by Crippen LogP contribution is -2.81. The first-order valence-electron chi connectivity index (χ1n) is 19.5. The zero-order valence-electron chi connectivity index (χ0n) is 31.3. The Morgan fingerprint density at radius 1 is 0.315 bits per heavy atom. The smallest absolute Gasteiger partial charge is 0.387 e. The van der Waals surface area contributed by atoms with Crippen molar-refractivity contribution in [2.45, 2.75) is 45.1 Å². The van der Waals surface area contributed by atoms with Crippen LogP contribution in [0.5, 0.6) is 0 Å². The molecule has 0 aromatic heterocycles. The molecule has 0 N–H and O–H groups in total. The summed E-state index contributed by atoms with van der Waals surface area (Å²) >= 11 is 0. The van der Waals surface area contributed by atoms with Gasteiger partial charge in [-0.2, -0.15) is 0 Å². The fraction of sp³-hybridized carbons (Fsp3) is 0.143. The van der Waals surface area contributed by atoms with Crippen molar-refractivity contribution < 1.29 is 8.23 Å². The maximum Gasteiger partial charge on any atom is 0.387 e. The number of rotatable bonds is 17. The lowest BCUT2D eigenvalue weighted by Gasteiger charge is -2.47. The van der Waals surface area contributed by atoms with Crippen LogP contribution >= 0.6 is 0 Å². The van der Waals surface area contributed by atoms with Crippen molar-refractivity contribution in [1.29, 1.82) is 0 Å². The van der Waals surface area contributed by atoms with Crippen molar-refractivity contribution in [3.05, 3.63) is 212 Å². The van der Waals surface area contributed by atoms with Gasteiger partial charge in [-0.1, -0.05) is 251 Å². The molecule has 0 aliphatic rings. The summed E-state index contributed by atoms with van der Waals surface area (Å²) in [5.74, 6) is 0. The predicted octanol–water partition coefficient (Wildman–Crippen LogP) is 7.67. The second-order valence-corrected chi connectivity index (χ2v) is 24.5. The Morgan fingerprint density at radius 3 is 0.944 bits per heavy atom. The molecular weight excluding hydrogens is 705 g/mol. The first kappa shape index (κ1) is 37.4. The van der Waals surface area contributed by atoms with E-state index in [0.717, 1.165) is 22.8 Å². The van der Waals surface area contributed by atoms with E-state index in [9.17, 15) is 0 Å². The molecule has 0 saturated carbocycles. The monoisotopic (exact) mass is 754 g/mol. The topological polar surface area (TPSA) is 18.5 Å². The normalized spacial score (nSPS) is 12.0. The number of benzene rings is 7. The molecule has 0 spiro atoms. The summed E-state index contributed by atoms with van der Waals surface area (Å²) in [6.07, 6.45) is 5.96. The Labute approximate surface area is 325 Å². The Balaban J connectivity index is 1.58. The fourth-order valence-corrected chi connectivity index (χ4v) is 24.5. The number of hydrogen-bond acceptors (Lipinski definition) is 2. The highest BCUT2D eigenvalue weighted by Crippen LogP contribution is 2.27. The van der Waals surface area contributed by atoms with E-state index in [1.54, 1.807) is 0 Å². The first-order chi connectivity index (χ1) is 26.7. The van der Waals surface area contributed by atoms with E-state index in [-0.39, 0.29) is 0 Å². The van der Waals surface area contributed by atoms with E-state index in [4.69, 9.17) is 8.23 Å². The van der Waals surface area contributed by atoms with E-state index in [1.807, 2.05) is 0 Å². The minimum atomic E-state index is -3.68. The van der Waals surface area contributed by atoms with E-state index in [0.29, 0.717) is 0 Å². The summed E-state index contributed by atoms with van der Waals surface area (Å²) in [5, 5.41) is 8.38. The number of hydrogen-bond donors (Lipinski definition) is 0. The summed E-state index contributed by atoms with van der Waals surface area (Å²) in [6, 6.07) is 78.0. The van der Waals surface area contributed by atoms with Gasteiger partial charge in [0.05, 0.1) is 0 Å². The van der Waals surface area contributed by atoms with Crippen molar-refractivity contribution in [1.82, 2.24) is 0 Å². The molecule has 0 fully saturated rings. The second kappa shape index (κ2) is 18.0. The van der Waals surface area contributed by atoms with Gasteiger partial charge in [0.15, 0.2) is 0 Å². The molecule has 0 aliphatic heterocycles. The Bertz CT molecular complexity index is 1940. The zero-order chi connectivity index (χ0) is 36.9. The first-order valence-corrected chi connectivity index (χ1v) is 25.3. The summed E-state index contributed by atoms with van der Waals surface area (Å²) in [7, 11) is -10.1. The van der Waals surface area contributed by atoms with Gasteiger partial charge in [-0.3, -0.25) is 0 Å². The van der Waals surface area contributed by atoms with E-state index < -0.39 is 25.2 Å². The molecule has 0 heterocycles. The largest absolute Gasteiger partial charge is 0.422 e. The molecule has 54 heavy (non-hydrogen) atoms. The van der Waals surface area contributed by atoms with Crippen molar-refractivity contribution in [3.8, 4) is 0 Å². The highest BCUT2D eigenvalue weighted by atomic mass is 28.5. The van der Waals surface area contributed by atoms with Gasteiger partial charge in [0.1, 0.15) is 0 Å². The van der Waals surface area contributed by atoms with Crippen molar-refractivity contribution in [2.24, 2.45) is 0 Å². The minimum absolute atomic E-state index is 0.957. The van der Waals surface area contributed by atoms with E-state index in [1.165, 1.54) is 51.6 Å². The lowest BCUT2D eigenvalue weighted by atomic mass is 10.2. The summed E-state index contributed by atoms with van der Waals surface area (Å²) in [6.45, 7) is 2.29. The van der Waals surface area contributed by atoms with E-state index >= 15 is 0 Å². The quantitative estimate of drug-likeness (QED) is 0.0540.